The van der Waals surface area contributed by atoms with E-state index in [0.29, 0.717) is 5.75 Å². The topological polar surface area (TPSA) is 66.8 Å². The summed E-state index contributed by atoms with van der Waals surface area (Å²) in [6, 6.07) is 7.48. The van der Waals surface area contributed by atoms with Crippen LogP contribution in [0.1, 0.15) is 39.7 Å². The van der Waals surface area contributed by atoms with Gasteiger partial charge < -0.3 is 14.7 Å². The lowest BCUT2D eigenvalue weighted by Gasteiger charge is -2.23. The number of carbonyl (C=O) groups excluding carboxylic acids is 1. The Labute approximate surface area is 141 Å². The van der Waals surface area contributed by atoms with Crippen LogP contribution in [0, 0.1) is 0 Å². The third kappa shape index (κ3) is 3.86. The normalized spacial score (nSPS) is 22.3. The van der Waals surface area contributed by atoms with Gasteiger partial charge in [-0.2, -0.15) is 0 Å². The number of rotatable bonds is 4. The standard InChI is InChI=1S/C18H24FNO4/c1-12(15(21)20-10-9-18(19,11-20)16(22)23)24-14-7-5-13(6-8-14)17(2,3)4/h5-8,12H,9-11H2,1-4H3,(H,22,23). The van der Waals surface area contributed by atoms with Crippen LogP contribution >= 0.6 is 0 Å². The number of hydrogen-bond donors (Lipinski definition) is 1. The number of amides is 1. The number of halogens is 1. The number of alkyl halides is 1. The minimum atomic E-state index is -2.36. The van der Waals surface area contributed by atoms with Gasteiger partial charge in [-0.1, -0.05) is 32.9 Å². The summed E-state index contributed by atoms with van der Waals surface area (Å²) in [6.07, 6.45) is -0.997. The third-order valence-corrected chi connectivity index (χ3v) is 4.30. The van der Waals surface area contributed by atoms with Gasteiger partial charge in [-0.3, -0.25) is 4.79 Å². The summed E-state index contributed by atoms with van der Waals surface area (Å²) in [6.45, 7) is 7.55. The average Bonchev–Trinajstić information content (AvgIpc) is 2.90. The van der Waals surface area contributed by atoms with Gasteiger partial charge in [-0.15, -0.1) is 0 Å². The molecule has 1 aromatic carbocycles. The molecule has 1 fully saturated rings. The molecule has 2 rings (SSSR count). The van der Waals surface area contributed by atoms with Gasteiger partial charge >= 0.3 is 5.97 Å². The summed E-state index contributed by atoms with van der Waals surface area (Å²) in [5.41, 5.74) is -1.18. The van der Waals surface area contributed by atoms with Crippen molar-refractivity contribution in [2.75, 3.05) is 13.1 Å². The summed E-state index contributed by atoms with van der Waals surface area (Å²) in [5, 5.41) is 8.89. The zero-order valence-corrected chi connectivity index (χ0v) is 14.5. The zero-order valence-electron chi connectivity index (χ0n) is 14.5. The second-order valence-electron chi connectivity index (χ2n) is 7.31. The van der Waals surface area contributed by atoms with Crippen LogP contribution in [-0.4, -0.2) is 46.7 Å². The van der Waals surface area contributed by atoms with Crippen LogP contribution in [0.4, 0.5) is 4.39 Å². The van der Waals surface area contributed by atoms with Gasteiger partial charge in [0.1, 0.15) is 5.75 Å². The molecule has 132 valence electrons. The lowest BCUT2D eigenvalue weighted by Crippen LogP contribution is -2.43. The molecule has 0 spiro atoms. The van der Waals surface area contributed by atoms with E-state index in [4.69, 9.17) is 9.84 Å². The van der Waals surface area contributed by atoms with Gasteiger partial charge in [-0.25, -0.2) is 9.18 Å². The lowest BCUT2D eigenvalue weighted by molar-refractivity contribution is -0.150. The van der Waals surface area contributed by atoms with E-state index in [1.165, 1.54) is 4.90 Å². The van der Waals surface area contributed by atoms with E-state index < -0.39 is 30.2 Å². The number of benzene rings is 1. The second-order valence-corrected chi connectivity index (χ2v) is 7.31. The lowest BCUT2D eigenvalue weighted by atomic mass is 9.87. The van der Waals surface area contributed by atoms with Gasteiger partial charge in [0, 0.05) is 13.0 Å². The van der Waals surface area contributed by atoms with E-state index in [-0.39, 0.29) is 18.4 Å². The molecule has 1 saturated heterocycles. The Morgan fingerprint density at radius 2 is 1.88 bits per heavy atom. The second kappa shape index (κ2) is 6.42. The largest absolute Gasteiger partial charge is 0.481 e. The fourth-order valence-electron chi connectivity index (χ4n) is 2.68. The Morgan fingerprint density at radius 3 is 2.33 bits per heavy atom. The summed E-state index contributed by atoms with van der Waals surface area (Å²) in [4.78, 5) is 24.5. The number of carbonyl (C=O) groups is 2. The van der Waals surface area contributed by atoms with E-state index in [1.54, 1.807) is 19.1 Å². The first-order valence-corrected chi connectivity index (χ1v) is 8.01. The zero-order chi connectivity index (χ0) is 18.1. The third-order valence-electron chi connectivity index (χ3n) is 4.30. The molecule has 2 unspecified atom stereocenters. The van der Waals surface area contributed by atoms with E-state index in [1.807, 2.05) is 12.1 Å². The molecule has 5 nitrogen and oxygen atoms in total. The van der Waals surface area contributed by atoms with Crippen molar-refractivity contribution in [1.29, 1.82) is 0 Å². The Hall–Kier alpha value is -2.11. The Bertz CT molecular complexity index is 623. The molecule has 1 N–H and O–H groups in total. The Balaban J connectivity index is 1.99. The maximum atomic E-state index is 14.1. The Kier molecular flexibility index (Phi) is 4.87. The SMILES string of the molecule is CC(Oc1ccc(C(C)(C)C)cc1)C(=O)N1CCC(F)(C(=O)O)C1. The number of carboxylic acids is 1. The van der Waals surface area contributed by atoms with Crippen LogP contribution in [0.5, 0.6) is 5.75 Å². The molecule has 24 heavy (non-hydrogen) atoms. The fraction of sp³-hybridized carbons (Fsp3) is 0.556. The molecule has 0 aromatic heterocycles. The van der Waals surface area contributed by atoms with Crippen molar-refractivity contribution in [3.63, 3.8) is 0 Å². The van der Waals surface area contributed by atoms with E-state index in [2.05, 4.69) is 20.8 Å². The molecular formula is C18H24FNO4. The van der Waals surface area contributed by atoms with E-state index >= 15 is 0 Å². The quantitative estimate of drug-likeness (QED) is 0.917. The molecule has 0 aliphatic carbocycles. The van der Waals surface area contributed by atoms with Crippen LogP contribution in [0.15, 0.2) is 24.3 Å². The summed E-state index contributed by atoms with van der Waals surface area (Å²) in [7, 11) is 0. The van der Waals surface area contributed by atoms with Gasteiger partial charge in [0.15, 0.2) is 6.10 Å². The molecule has 1 aliphatic rings. The fourth-order valence-corrected chi connectivity index (χ4v) is 2.68. The van der Waals surface area contributed by atoms with Crippen molar-refractivity contribution in [2.24, 2.45) is 0 Å². The molecule has 1 heterocycles. The number of carboxylic acid groups (broad SMARTS) is 1. The smallest absolute Gasteiger partial charge is 0.343 e. The highest BCUT2D eigenvalue weighted by Gasteiger charge is 2.47. The molecule has 1 aromatic rings. The number of ether oxygens (including phenoxy) is 1. The number of hydrogen-bond acceptors (Lipinski definition) is 3. The first-order valence-electron chi connectivity index (χ1n) is 8.01. The molecule has 0 radical (unpaired) electrons. The van der Waals surface area contributed by atoms with Crippen molar-refractivity contribution in [2.45, 2.75) is 51.3 Å². The number of nitrogens with zero attached hydrogens (tertiary/aromatic N) is 1. The summed E-state index contributed by atoms with van der Waals surface area (Å²) >= 11 is 0. The highest BCUT2D eigenvalue weighted by atomic mass is 19.1. The molecule has 1 aliphatic heterocycles. The van der Waals surface area contributed by atoms with Crippen molar-refractivity contribution in [3.05, 3.63) is 29.8 Å². The van der Waals surface area contributed by atoms with Crippen LogP contribution in [0.25, 0.3) is 0 Å². The van der Waals surface area contributed by atoms with Crippen molar-refractivity contribution in [3.8, 4) is 5.75 Å². The molecule has 6 heteroatoms. The Morgan fingerprint density at radius 1 is 1.29 bits per heavy atom. The van der Waals surface area contributed by atoms with Gasteiger partial charge in [0.05, 0.1) is 6.54 Å². The van der Waals surface area contributed by atoms with E-state index in [0.717, 1.165) is 5.56 Å². The van der Waals surface area contributed by atoms with Crippen LogP contribution < -0.4 is 4.74 Å². The van der Waals surface area contributed by atoms with Crippen molar-refractivity contribution in [1.82, 2.24) is 4.90 Å². The molecule has 2 atom stereocenters. The predicted octanol–water partition coefficient (Wildman–Crippen LogP) is 2.78. The average molecular weight is 337 g/mol. The highest BCUT2D eigenvalue weighted by Crippen LogP contribution is 2.28. The van der Waals surface area contributed by atoms with Crippen LogP contribution in [-0.2, 0) is 15.0 Å². The van der Waals surface area contributed by atoms with Gasteiger partial charge in [0.2, 0.25) is 5.67 Å². The molecule has 1 amide bonds. The van der Waals surface area contributed by atoms with Crippen molar-refractivity contribution < 1.29 is 23.8 Å². The summed E-state index contributed by atoms with van der Waals surface area (Å²) < 4.78 is 19.7. The number of likely N-dealkylation sites (tertiary alicyclic amines) is 1. The first-order chi connectivity index (χ1) is 11.0. The molecule has 0 bridgehead atoms. The van der Waals surface area contributed by atoms with Gasteiger partial charge in [0.25, 0.3) is 5.91 Å². The monoisotopic (exact) mass is 337 g/mol. The van der Waals surface area contributed by atoms with Crippen LogP contribution in [0.2, 0.25) is 0 Å². The summed E-state index contributed by atoms with van der Waals surface area (Å²) in [5.74, 6) is -1.38. The van der Waals surface area contributed by atoms with Gasteiger partial charge in [-0.05, 0) is 30.0 Å². The van der Waals surface area contributed by atoms with E-state index in [9.17, 15) is 14.0 Å². The maximum Gasteiger partial charge on any atom is 0.343 e. The minimum Gasteiger partial charge on any atom is -0.481 e. The molecular weight excluding hydrogens is 313 g/mol. The molecule has 0 saturated carbocycles. The maximum absolute atomic E-state index is 14.1. The van der Waals surface area contributed by atoms with Crippen molar-refractivity contribution >= 4 is 11.9 Å². The number of aliphatic carboxylic acids is 1. The predicted molar refractivity (Wildman–Crippen MR) is 87.9 cm³/mol. The van der Waals surface area contributed by atoms with Crippen LogP contribution in [0.3, 0.4) is 0 Å². The minimum absolute atomic E-state index is 0.0246. The first kappa shape index (κ1) is 18.2. The highest BCUT2D eigenvalue weighted by molar-refractivity contribution is 5.84.